The van der Waals surface area contributed by atoms with Crippen LogP contribution in [0.5, 0.6) is 0 Å². The van der Waals surface area contributed by atoms with Crippen LogP contribution in [0.2, 0.25) is 0 Å². The van der Waals surface area contributed by atoms with Gasteiger partial charge in [-0.3, -0.25) is 4.79 Å². The molecule has 1 heterocycles. The average molecular weight is 303 g/mol. The number of nitrogens with one attached hydrogen (secondary N) is 2. The highest BCUT2D eigenvalue weighted by molar-refractivity contribution is 7.13. The summed E-state index contributed by atoms with van der Waals surface area (Å²) in [7, 11) is 0. The van der Waals surface area contributed by atoms with Crippen molar-refractivity contribution in [3.8, 4) is 10.6 Å². The summed E-state index contributed by atoms with van der Waals surface area (Å²) in [6.07, 6.45) is 2.24. The van der Waals surface area contributed by atoms with Gasteiger partial charge in [0.25, 0.3) is 0 Å². The molecule has 1 aromatic heterocycles. The molecule has 0 aliphatic heterocycles. The molecule has 2 rings (SSSR count). The van der Waals surface area contributed by atoms with E-state index in [1.165, 1.54) is 0 Å². The number of nitrogens with zero attached hydrogens (tertiary/aromatic N) is 1. The molecular weight excluding hydrogens is 282 g/mol. The van der Waals surface area contributed by atoms with E-state index in [-0.39, 0.29) is 11.4 Å². The maximum absolute atomic E-state index is 11.9. The van der Waals surface area contributed by atoms with Gasteiger partial charge in [-0.2, -0.15) is 0 Å². The number of hydrogen-bond acceptors (Lipinski definition) is 4. The van der Waals surface area contributed by atoms with Crippen LogP contribution < -0.4 is 10.6 Å². The van der Waals surface area contributed by atoms with Crippen LogP contribution in [0, 0.1) is 0 Å². The Kier molecular flexibility index (Phi) is 5.09. The van der Waals surface area contributed by atoms with Gasteiger partial charge in [0.05, 0.1) is 0 Å². The minimum Gasteiger partial charge on any atom is -0.326 e. The standard InChI is InChI=1S/C16H21N3OS/c1-16(2,3)18-8-7-14(20)19-13-6-4-5-12(11-13)15-17-9-10-21-15/h4-6,9-11,18H,7-8H2,1-3H3,(H,19,20). The molecule has 0 atom stereocenters. The Morgan fingerprint density at radius 1 is 1.33 bits per heavy atom. The van der Waals surface area contributed by atoms with Crippen LogP contribution in [-0.4, -0.2) is 23.0 Å². The molecule has 0 aliphatic carbocycles. The predicted octanol–water partition coefficient (Wildman–Crippen LogP) is 3.53. The third kappa shape index (κ3) is 5.28. The summed E-state index contributed by atoms with van der Waals surface area (Å²) in [6, 6.07) is 7.77. The third-order valence-electron chi connectivity index (χ3n) is 2.83. The average Bonchev–Trinajstić information content (AvgIpc) is 2.91. The van der Waals surface area contributed by atoms with Crippen molar-refractivity contribution in [3.63, 3.8) is 0 Å². The molecule has 0 fully saturated rings. The molecule has 0 radical (unpaired) electrons. The highest BCUT2D eigenvalue weighted by Gasteiger charge is 2.10. The number of carbonyl (C=O) groups is 1. The third-order valence-corrected chi connectivity index (χ3v) is 3.66. The first kappa shape index (κ1) is 15.7. The van der Waals surface area contributed by atoms with Gasteiger partial charge in [0.1, 0.15) is 5.01 Å². The van der Waals surface area contributed by atoms with Crippen LogP contribution in [-0.2, 0) is 4.79 Å². The molecule has 4 nitrogen and oxygen atoms in total. The van der Waals surface area contributed by atoms with Crippen molar-refractivity contribution in [2.75, 3.05) is 11.9 Å². The van der Waals surface area contributed by atoms with Crippen LogP contribution in [0.15, 0.2) is 35.8 Å². The number of aromatic nitrogens is 1. The monoisotopic (exact) mass is 303 g/mol. The molecule has 1 aromatic carbocycles. The molecule has 112 valence electrons. The Hall–Kier alpha value is -1.72. The lowest BCUT2D eigenvalue weighted by molar-refractivity contribution is -0.116. The lowest BCUT2D eigenvalue weighted by Gasteiger charge is -2.20. The molecule has 0 saturated heterocycles. The predicted molar refractivity (Wildman–Crippen MR) is 88.6 cm³/mol. The number of rotatable bonds is 5. The molecule has 21 heavy (non-hydrogen) atoms. The van der Waals surface area contributed by atoms with Crippen molar-refractivity contribution in [1.29, 1.82) is 0 Å². The molecular formula is C16H21N3OS. The SMILES string of the molecule is CC(C)(C)NCCC(=O)Nc1cccc(-c2nccs2)c1. The molecule has 0 bridgehead atoms. The molecule has 5 heteroatoms. The fourth-order valence-electron chi connectivity index (χ4n) is 1.87. The van der Waals surface area contributed by atoms with Crippen molar-refractivity contribution in [3.05, 3.63) is 35.8 Å². The van der Waals surface area contributed by atoms with Gasteiger partial charge < -0.3 is 10.6 Å². The van der Waals surface area contributed by atoms with Crippen molar-refractivity contribution in [1.82, 2.24) is 10.3 Å². The van der Waals surface area contributed by atoms with Gasteiger partial charge in [-0.1, -0.05) is 12.1 Å². The van der Waals surface area contributed by atoms with Crippen LogP contribution in [0.25, 0.3) is 10.6 Å². The van der Waals surface area contributed by atoms with Crippen molar-refractivity contribution in [2.45, 2.75) is 32.7 Å². The Bertz CT molecular complexity index is 588. The smallest absolute Gasteiger partial charge is 0.225 e. The zero-order valence-corrected chi connectivity index (χ0v) is 13.5. The van der Waals surface area contributed by atoms with Crippen LogP contribution in [0.1, 0.15) is 27.2 Å². The van der Waals surface area contributed by atoms with Crippen LogP contribution in [0.4, 0.5) is 5.69 Å². The minimum atomic E-state index is 0.0167. The Morgan fingerprint density at radius 3 is 2.81 bits per heavy atom. The van der Waals surface area contributed by atoms with E-state index in [0.29, 0.717) is 13.0 Å². The van der Waals surface area contributed by atoms with Gasteiger partial charge in [-0.25, -0.2) is 4.98 Å². The number of benzene rings is 1. The second-order valence-corrected chi connectivity index (χ2v) is 6.79. The topological polar surface area (TPSA) is 54.0 Å². The first-order chi connectivity index (χ1) is 9.94. The van der Waals surface area contributed by atoms with Crippen molar-refractivity contribution >= 4 is 22.9 Å². The molecule has 0 unspecified atom stereocenters. The zero-order chi connectivity index (χ0) is 15.3. The summed E-state index contributed by atoms with van der Waals surface area (Å²) in [5.74, 6) is 0.0167. The lowest BCUT2D eigenvalue weighted by atomic mass is 10.1. The Balaban J connectivity index is 1.91. The van der Waals surface area contributed by atoms with Gasteiger partial charge in [-0.15, -0.1) is 11.3 Å². The highest BCUT2D eigenvalue weighted by Crippen LogP contribution is 2.24. The van der Waals surface area contributed by atoms with Gasteiger partial charge >= 0.3 is 0 Å². The molecule has 1 amide bonds. The van der Waals surface area contributed by atoms with Gasteiger partial charge in [0, 0.05) is 41.3 Å². The maximum Gasteiger partial charge on any atom is 0.225 e. The number of hydrogen-bond donors (Lipinski definition) is 2. The lowest BCUT2D eigenvalue weighted by Crippen LogP contribution is -2.37. The Labute approximate surface area is 129 Å². The number of anilines is 1. The normalized spacial score (nSPS) is 11.4. The van der Waals surface area contributed by atoms with Gasteiger partial charge in [0.2, 0.25) is 5.91 Å². The molecule has 2 aromatic rings. The number of amides is 1. The summed E-state index contributed by atoms with van der Waals surface area (Å²) in [5.41, 5.74) is 1.87. The first-order valence-corrected chi connectivity index (χ1v) is 7.87. The van der Waals surface area contributed by atoms with Gasteiger partial charge in [0.15, 0.2) is 0 Å². The van der Waals surface area contributed by atoms with E-state index >= 15 is 0 Å². The van der Waals surface area contributed by atoms with E-state index in [1.54, 1.807) is 17.5 Å². The fourth-order valence-corrected chi connectivity index (χ4v) is 2.51. The molecule has 0 saturated carbocycles. The largest absolute Gasteiger partial charge is 0.326 e. The van der Waals surface area contributed by atoms with E-state index in [4.69, 9.17) is 0 Å². The summed E-state index contributed by atoms with van der Waals surface area (Å²) in [6.45, 7) is 6.93. The van der Waals surface area contributed by atoms with Crippen molar-refractivity contribution < 1.29 is 4.79 Å². The highest BCUT2D eigenvalue weighted by atomic mass is 32.1. The summed E-state index contributed by atoms with van der Waals surface area (Å²) < 4.78 is 0. The van der Waals surface area contributed by atoms with Gasteiger partial charge in [-0.05, 0) is 32.9 Å². The number of thiazole rings is 1. The van der Waals surface area contributed by atoms with E-state index < -0.39 is 0 Å². The summed E-state index contributed by atoms with van der Waals surface area (Å²) in [5, 5.41) is 9.13. The zero-order valence-electron chi connectivity index (χ0n) is 12.6. The fraction of sp³-hybridized carbons (Fsp3) is 0.375. The van der Waals surface area contributed by atoms with E-state index in [9.17, 15) is 4.79 Å². The molecule has 0 aliphatic rings. The molecule has 2 N–H and O–H groups in total. The first-order valence-electron chi connectivity index (χ1n) is 6.99. The second-order valence-electron chi connectivity index (χ2n) is 5.89. The van der Waals surface area contributed by atoms with Crippen molar-refractivity contribution in [2.24, 2.45) is 0 Å². The van der Waals surface area contributed by atoms with Crippen LogP contribution >= 0.6 is 11.3 Å². The van der Waals surface area contributed by atoms with E-state index in [2.05, 4.69) is 36.4 Å². The quantitative estimate of drug-likeness (QED) is 0.888. The molecule has 0 spiro atoms. The van der Waals surface area contributed by atoms with E-state index in [1.807, 2.05) is 29.6 Å². The summed E-state index contributed by atoms with van der Waals surface area (Å²) in [4.78, 5) is 16.2. The summed E-state index contributed by atoms with van der Waals surface area (Å²) >= 11 is 1.59. The minimum absolute atomic E-state index is 0.0167. The number of carbonyl (C=O) groups excluding carboxylic acids is 1. The Morgan fingerprint density at radius 2 is 2.14 bits per heavy atom. The van der Waals surface area contributed by atoms with E-state index in [0.717, 1.165) is 16.3 Å². The van der Waals surface area contributed by atoms with Crippen LogP contribution in [0.3, 0.4) is 0 Å². The second kappa shape index (κ2) is 6.83. The maximum atomic E-state index is 11.9.